The highest BCUT2D eigenvalue weighted by molar-refractivity contribution is 5.82. The van der Waals surface area contributed by atoms with Crippen LogP contribution in [0.2, 0.25) is 0 Å². The summed E-state index contributed by atoms with van der Waals surface area (Å²) in [7, 11) is 0. The van der Waals surface area contributed by atoms with Crippen LogP contribution < -0.4 is 10.1 Å². The van der Waals surface area contributed by atoms with Crippen molar-refractivity contribution in [1.82, 2.24) is 10.2 Å². The van der Waals surface area contributed by atoms with E-state index in [0.717, 1.165) is 30.9 Å². The monoisotopic (exact) mass is 316 g/mol. The standard InChI is InChI=1S/C19H28N2O2/c1-12(2)21-6-5-15(11-21)10-20-19(22)18-9-16-7-13(3)14(4)8-17(16)23-18/h7-8,12,15,18H,5-6,9-11H2,1-4H3,(H,20,22)/t15-,18+/m1/s1. The number of rotatable bonds is 4. The third-order valence-electron chi connectivity index (χ3n) is 5.26. The van der Waals surface area contributed by atoms with Crippen molar-refractivity contribution in [3.05, 3.63) is 28.8 Å². The fourth-order valence-electron chi connectivity index (χ4n) is 3.52. The number of fused-ring (bicyclic) bond motifs is 1. The van der Waals surface area contributed by atoms with Gasteiger partial charge in [-0.25, -0.2) is 0 Å². The summed E-state index contributed by atoms with van der Waals surface area (Å²) in [5, 5.41) is 3.10. The molecule has 4 heteroatoms. The maximum atomic E-state index is 12.4. The maximum absolute atomic E-state index is 12.4. The first-order valence-corrected chi connectivity index (χ1v) is 8.72. The molecule has 2 aliphatic rings. The van der Waals surface area contributed by atoms with E-state index >= 15 is 0 Å². The topological polar surface area (TPSA) is 41.6 Å². The van der Waals surface area contributed by atoms with Gasteiger partial charge in [-0.05, 0) is 69.3 Å². The second kappa shape index (κ2) is 6.52. The largest absolute Gasteiger partial charge is 0.480 e. The first-order chi connectivity index (χ1) is 10.9. The van der Waals surface area contributed by atoms with Gasteiger partial charge >= 0.3 is 0 Å². The zero-order chi connectivity index (χ0) is 16.6. The lowest BCUT2D eigenvalue weighted by Gasteiger charge is -2.20. The molecule has 1 N–H and O–H groups in total. The van der Waals surface area contributed by atoms with E-state index in [4.69, 9.17) is 4.74 Å². The lowest BCUT2D eigenvalue weighted by molar-refractivity contribution is -0.127. The highest BCUT2D eigenvalue weighted by Gasteiger charge is 2.31. The molecule has 3 rings (SSSR count). The minimum absolute atomic E-state index is 0.0273. The fourth-order valence-corrected chi connectivity index (χ4v) is 3.52. The second-order valence-corrected chi connectivity index (χ2v) is 7.34. The average Bonchev–Trinajstić information content (AvgIpc) is 3.12. The molecule has 0 saturated carbocycles. The molecule has 1 aromatic carbocycles. The minimum atomic E-state index is -0.367. The van der Waals surface area contributed by atoms with Gasteiger partial charge in [0.05, 0.1) is 0 Å². The molecule has 2 heterocycles. The van der Waals surface area contributed by atoms with Gasteiger partial charge in [-0.2, -0.15) is 0 Å². The fraction of sp³-hybridized carbons (Fsp3) is 0.632. The molecule has 4 nitrogen and oxygen atoms in total. The Bertz CT molecular complexity index is 566. The van der Waals surface area contributed by atoms with Crippen molar-refractivity contribution in [2.24, 2.45) is 5.92 Å². The molecule has 1 fully saturated rings. The summed E-state index contributed by atoms with van der Waals surface area (Å²) >= 11 is 0. The minimum Gasteiger partial charge on any atom is -0.480 e. The first-order valence-electron chi connectivity index (χ1n) is 8.72. The van der Waals surface area contributed by atoms with E-state index in [2.05, 4.69) is 50.0 Å². The number of carbonyl (C=O) groups is 1. The molecule has 0 aromatic heterocycles. The maximum Gasteiger partial charge on any atom is 0.261 e. The Morgan fingerprint density at radius 2 is 2.09 bits per heavy atom. The number of ether oxygens (including phenoxy) is 1. The van der Waals surface area contributed by atoms with Gasteiger partial charge < -0.3 is 15.0 Å². The Hall–Kier alpha value is -1.55. The van der Waals surface area contributed by atoms with Crippen LogP contribution in [0.1, 0.15) is 37.0 Å². The predicted molar refractivity (Wildman–Crippen MR) is 91.9 cm³/mol. The third kappa shape index (κ3) is 3.52. The summed E-state index contributed by atoms with van der Waals surface area (Å²) in [4.78, 5) is 14.9. The van der Waals surface area contributed by atoms with Gasteiger partial charge in [0.2, 0.25) is 0 Å². The van der Waals surface area contributed by atoms with E-state index in [9.17, 15) is 4.79 Å². The number of amides is 1. The van der Waals surface area contributed by atoms with Gasteiger partial charge in [-0.15, -0.1) is 0 Å². The van der Waals surface area contributed by atoms with Gasteiger partial charge in [0.1, 0.15) is 5.75 Å². The third-order valence-corrected chi connectivity index (χ3v) is 5.26. The van der Waals surface area contributed by atoms with Crippen molar-refractivity contribution in [2.75, 3.05) is 19.6 Å². The molecule has 0 bridgehead atoms. The summed E-state index contributed by atoms with van der Waals surface area (Å²) < 4.78 is 5.86. The van der Waals surface area contributed by atoms with Crippen LogP contribution in [0.5, 0.6) is 5.75 Å². The number of nitrogens with one attached hydrogen (secondary N) is 1. The van der Waals surface area contributed by atoms with Gasteiger partial charge in [0.15, 0.2) is 6.10 Å². The van der Waals surface area contributed by atoms with Crippen LogP contribution in [-0.2, 0) is 11.2 Å². The van der Waals surface area contributed by atoms with Gasteiger partial charge in [-0.3, -0.25) is 4.79 Å². The number of hydrogen-bond acceptors (Lipinski definition) is 3. The molecule has 0 radical (unpaired) electrons. The molecule has 0 unspecified atom stereocenters. The quantitative estimate of drug-likeness (QED) is 0.928. The van der Waals surface area contributed by atoms with E-state index < -0.39 is 0 Å². The number of hydrogen-bond donors (Lipinski definition) is 1. The number of benzene rings is 1. The number of likely N-dealkylation sites (tertiary alicyclic amines) is 1. The molecule has 1 aromatic rings. The summed E-state index contributed by atoms with van der Waals surface area (Å²) in [6, 6.07) is 4.79. The lowest BCUT2D eigenvalue weighted by Crippen LogP contribution is -2.40. The molecule has 2 aliphatic heterocycles. The Kier molecular flexibility index (Phi) is 4.62. The number of nitrogens with zero attached hydrogens (tertiary/aromatic N) is 1. The van der Waals surface area contributed by atoms with Crippen LogP contribution in [-0.4, -0.2) is 42.6 Å². The van der Waals surface area contributed by atoms with E-state index in [1.54, 1.807) is 0 Å². The normalized spacial score (nSPS) is 23.9. The van der Waals surface area contributed by atoms with Crippen molar-refractivity contribution >= 4 is 5.91 Å². The molecule has 0 aliphatic carbocycles. The van der Waals surface area contributed by atoms with E-state index in [-0.39, 0.29) is 12.0 Å². The summed E-state index contributed by atoms with van der Waals surface area (Å²) in [5.41, 5.74) is 3.62. The molecule has 126 valence electrons. The van der Waals surface area contributed by atoms with Crippen molar-refractivity contribution in [2.45, 2.75) is 52.7 Å². The molecular weight excluding hydrogens is 288 g/mol. The first kappa shape index (κ1) is 16.3. The summed E-state index contributed by atoms with van der Waals surface area (Å²) in [5.74, 6) is 1.47. The molecular formula is C19H28N2O2. The average molecular weight is 316 g/mol. The van der Waals surface area contributed by atoms with Crippen LogP contribution in [0.4, 0.5) is 0 Å². The summed E-state index contributed by atoms with van der Waals surface area (Å²) in [6.07, 6.45) is 1.49. The molecule has 1 saturated heterocycles. The van der Waals surface area contributed by atoms with Crippen LogP contribution in [0.25, 0.3) is 0 Å². The van der Waals surface area contributed by atoms with Gasteiger partial charge in [0.25, 0.3) is 5.91 Å². The highest BCUT2D eigenvalue weighted by atomic mass is 16.5. The Morgan fingerprint density at radius 3 is 2.78 bits per heavy atom. The lowest BCUT2D eigenvalue weighted by atomic mass is 10.0. The molecule has 0 spiro atoms. The molecule has 23 heavy (non-hydrogen) atoms. The Labute approximate surface area is 139 Å². The van der Waals surface area contributed by atoms with E-state index in [0.29, 0.717) is 18.4 Å². The van der Waals surface area contributed by atoms with E-state index in [1.807, 2.05) is 0 Å². The van der Waals surface area contributed by atoms with Crippen LogP contribution in [0.15, 0.2) is 12.1 Å². The zero-order valence-corrected chi connectivity index (χ0v) is 14.7. The second-order valence-electron chi connectivity index (χ2n) is 7.34. The SMILES string of the molecule is Cc1cc2c(cc1C)O[C@H](C(=O)NC[C@H]1CCN(C(C)C)C1)C2. The zero-order valence-electron chi connectivity index (χ0n) is 14.7. The Morgan fingerprint density at radius 1 is 1.35 bits per heavy atom. The number of aryl methyl sites for hydroxylation is 2. The van der Waals surface area contributed by atoms with Crippen molar-refractivity contribution in [3.63, 3.8) is 0 Å². The predicted octanol–water partition coefficient (Wildman–Crippen LogP) is 2.45. The van der Waals surface area contributed by atoms with Gasteiger partial charge in [-0.1, -0.05) is 6.07 Å². The van der Waals surface area contributed by atoms with Crippen molar-refractivity contribution in [1.29, 1.82) is 0 Å². The van der Waals surface area contributed by atoms with Crippen molar-refractivity contribution < 1.29 is 9.53 Å². The highest BCUT2D eigenvalue weighted by Crippen LogP contribution is 2.31. The van der Waals surface area contributed by atoms with Crippen LogP contribution in [0.3, 0.4) is 0 Å². The molecule has 1 amide bonds. The smallest absolute Gasteiger partial charge is 0.261 e. The molecule has 2 atom stereocenters. The summed E-state index contributed by atoms with van der Waals surface area (Å²) in [6.45, 7) is 11.6. The van der Waals surface area contributed by atoms with Crippen LogP contribution in [0, 0.1) is 19.8 Å². The van der Waals surface area contributed by atoms with E-state index in [1.165, 1.54) is 17.5 Å². The Balaban J connectivity index is 1.51. The van der Waals surface area contributed by atoms with Crippen LogP contribution >= 0.6 is 0 Å². The van der Waals surface area contributed by atoms with Gasteiger partial charge in [0, 0.05) is 25.6 Å². The number of carbonyl (C=O) groups excluding carboxylic acids is 1. The van der Waals surface area contributed by atoms with Crippen molar-refractivity contribution in [3.8, 4) is 5.75 Å².